The number of nitrogens with one attached hydrogen (secondary N) is 2. The van der Waals surface area contributed by atoms with Gasteiger partial charge in [0.15, 0.2) is 0 Å². The SMILES string of the molecule is CCCC(C)CNCCOCCOCCOCCOCCOCCNC. The second kappa shape index (κ2) is 22.8. The first-order valence-electron chi connectivity index (χ1n) is 10.0. The molecule has 0 aliphatic carbocycles. The van der Waals surface area contributed by atoms with Gasteiger partial charge < -0.3 is 34.3 Å². The molecule has 0 saturated carbocycles. The van der Waals surface area contributed by atoms with Gasteiger partial charge in [-0.3, -0.25) is 0 Å². The molecule has 1 atom stereocenters. The Hall–Kier alpha value is -0.280. The fourth-order valence-corrected chi connectivity index (χ4v) is 2.24. The van der Waals surface area contributed by atoms with Gasteiger partial charge in [0, 0.05) is 13.1 Å². The maximum absolute atomic E-state index is 5.52. The van der Waals surface area contributed by atoms with Crippen LogP contribution in [0.5, 0.6) is 0 Å². The van der Waals surface area contributed by atoms with E-state index in [1.165, 1.54) is 12.8 Å². The number of hydrogen-bond donors (Lipinski definition) is 2. The smallest absolute Gasteiger partial charge is 0.0701 e. The third-order valence-corrected chi connectivity index (χ3v) is 3.68. The highest BCUT2D eigenvalue weighted by molar-refractivity contribution is 4.55. The van der Waals surface area contributed by atoms with Gasteiger partial charge in [0.25, 0.3) is 0 Å². The number of rotatable bonds is 22. The monoisotopic (exact) mass is 378 g/mol. The van der Waals surface area contributed by atoms with Crippen LogP contribution in [0.1, 0.15) is 26.7 Å². The number of likely N-dealkylation sites (N-methyl/N-ethyl adjacent to an activating group) is 1. The maximum atomic E-state index is 5.52. The van der Waals surface area contributed by atoms with Gasteiger partial charge in [-0.25, -0.2) is 0 Å². The molecule has 0 rings (SSSR count). The van der Waals surface area contributed by atoms with Gasteiger partial charge in [-0.1, -0.05) is 20.3 Å². The first-order valence-corrected chi connectivity index (χ1v) is 10.0. The third kappa shape index (κ3) is 21.8. The topological polar surface area (TPSA) is 70.2 Å². The van der Waals surface area contributed by atoms with Crippen molar-refractivity contribution in [2.75, 3.05) is 92.8 Å². The lowest BCUT2D eigenvalue weighted by molar-refractivity contribution is -0.0105. The normalized spacial score (nSPS) is 12.6. The van der Waals surface area contributed by atoms with E-state index in [0.717, 1.165) is 32.2 Å². The molecule has 0 fully saturated rings. The second-order valence-electron chi connectivity index (χ2n) is 6.26. The van der Waals surface area contributed by atoms with Gasteiger partial charge in [0.05, 0.1) is 66.1 Å². The lowest BCUT2D eigenvalue weighted by Gasteiger charge is -2.11. The molecule has 2 N–H and O–H groups in total. The molecule has 7 nitrogen and oxygen atoms in total. The van der Waals surface area contributed by atoms with Crippen LogP contribution in [-0.2, 0) is 23.7 Å². The zero-order valence-corrected chi connectivity index (χ0v) is 17.2. The van der Waals surface area contributed by atoms with Crippen molar-refractivity contribution in [2.24, 2.45) is 5.92 Å². The van der Waals surface area contributed by atoms with E-state index in [1.54, 1.807) is 0 Å². The molecule has 26 heavy (non-hydrogen) atoms. The molecule has 0 saturated heterocycles. The summed E-state index contributed by atoms with van der Waals surface area (Å²) in [5.74, 6) is 0.741. The molecule has 0 aliphatic rings. The van der Waals surface area contributed by atoms with Crippen LogP contribution in [0.2, 0.25) is 0 Å². The summed E-state index contributed by atoms with van der Waals surface area (Å²) in [7, 11) is 1.91. The van der Waals surface area contributed by atoms with Gasteiger partial charge in [0.1, 0.15) is 0 Å². The summed E-state index contributed by atoms with van der Waals surface area (Å²) in [5.41, 5.74) is 0. The fourth-order valence-electron chi connectivity index (χ4n) is 2.24. The minimum absolute atomic E-state index is 0.582. The third-order valence-electron chi connectivity index (χ3n) is 3.68. The van der Waals surface area contributed by atoms with E-state index in [1.807, 2.05) is 7.05 Å². The van der Waals surface area contributed by atoms with Gasteiger partial charge in [0.2, 0.25) is 0 Å². The summed E-state index contributed by atoms with van der Waals surface area (Å²) in [4.78, 5) is 0. The summed E-state index contributed by atoms with van der Waals surface area (Å²) < 4.78 is 27.1. The van der Waals surface area contributed by atoms with Crippen molar-refractivity contribution in [3.63, 3.8) is 0 Å². The van der Waals surface area contributed by atoms with Gasteiger partial charge in [-0.15, -0.1) is 0 Å². The van der Waals surface area contributed by atoms with Crippen molar-refractivity contribution in [3.05, 3.63) is 0 Å². The molecule has 0 aromatic heterocycles. The standard InChI is InChI=1S/C19H42N2O5/c1-4-5-19(2)18-21-7-9-23-11-13-25-15-17-26-16-14-24-12-10-22-8-6-20-3/h19-21H,4-18H2,1-3H3. The fraction of sp³-hybridized carbons (Fsp3) is 1.00. The van der Waals surface area contributed by atoms with Crippen molar-refractivity contribution in [3.8, 4) is 0 Å². The zero-order valence-electron chi connectivity index (χ0n) is 17.2. The lowest BCUT2D eigenvalue weighted by Crippen LogP contribution is -2.25. The van der Waals surface area contributed by atoms with Crippen molar-refractivity contribution >= 4 is 0 Å². The van der Waals surface area contributed by atoms with Crippen molar-refractivity contribution in [1.82, 2.24) is 10.6 Å². The Balaban J connectivity index is 3.01. The predicted molar refractivity (Wildman–Crippen MR) is 105 cm³/mol. The number of ether oxygens (including phenoxy) is 5. The van der Waals surface area contributed by atoms with E-state index in [4.69, 9.17) is 23.7 Å². The zero-order chi connectivity index (χ0) is 19.1. The lowest BCUT2D eigenvalue weighted by atomic mass is 10.1. The average molecular weight is 379 g/mol. The van der Waals surface area contributed by atoms with Crippen LogP contribution in [0.25, 0.3) is 0 Å². The molecule has 0 amide bonds. The highest BCUT2D eigenvalue weighted by Gasteiger charge is 1.99. The van der Waals surface area contributed by atoms with E-state index in [-0.39, 0.29) is 0 Å². The Morgan fingerprint density at radius 2 is 1.08 bits per heavy atom. The van der Waals surface area contributed by atoms with Gasteiger partial charge in [-0.05, 0) is 25.9 Å². The first-order chi connectivity index (χ1) is 12.8. The Labute approximate surface area is 160 Å². The van der Waals surface area contributed by atoms with Gasteiger partial charge in [-0.2, -0.15) is 0 Å². The molecule has 158 valence electrons. The van der Waals surface area contributed by atoms with Crippen LogP contribution in [0.4, 0.5) is 0 Å². The highest BCUT2D eigenvalue weighted by Crippen LogP contribution is 2.02. The summed E-state index contributed by atoms with van der Waals surface area (Å²) in [5, 5.41) is 6.44. The summed E-state index contributed by atoms with van der Waals surface area (Å²) in [6.07, 6.45) is 2.53. The second-order valence-corrected chi connectivity index (χ2v) is 6.26. The Morgan fingerprint density at radius 3 is 1.50 bits per heavy atom. The Kier molecular flexibility index (Phi) is 22.5. The largest absolute Gasteiger partial charge is 0.378 e. The quantitative estimate of drug-likeness (QED) is 0.275. The molecule has 0 bridgehead atoms. The minimum Gasteiger partial charge on any atom is -0.378 e. The molecule has 0 radical (unpaired) electrons. The molecule has 0 spiro atoms. The summed E-state index contributed by atoms with van der Waals surface area (Å²) in [6.45, 7) is 13.6. The highest BCUT2D eigenvalue weighted by atomic mass is 16.6. The van der Waals surface area contributed by atoms with Crippen LogP contribution in [-0.4, -0.2) is 92.8 Å². The maximum Gasteiger partial charge on any atom is 0.0701 e. The van der Waals surface area contributed by atoms with E-state index >= 15 is 0 Å². The Morgan fingerprint density at radius 1 is 0.654 bits per heavy atom. The molecular formula is C19H42N2O5. The Bertz CT molecular complexity index is 260. The molecule has 1 unspecified atom stereocenters. The van der Waals surface area contributed by atoms with Crippen LogP contribution in [0.3, 0.4) is 0 Å². The van der Waals surface area contributed by atoms with E-state index in [2.05, 4.69) is 24.5 Å². The predicted octanol–water partition coefficient (Wildman–Crippen LogP) is 1.31. The molecule has 0 heterocycles. The molecule has 7 heteroatoms. The van der Waals surface area contributed by atoms with Crippen molar-refractivity contribution < 1.29 is 23.7 Å². The van der Waals surface area contributed by atoms with E-state index in [0.29, 0.717) is 59.5 Å². The average Bonchev–Trinajstić information content (AvgIpc) is 2.64. The first kappa shape index (κ1) is 25.7. The van der Waals surface area contributed by atoms with Gasteiger partial charge >= 0.3 is 0 Å². The molecule has 0 aromatic carbocycles. The van der Waals surface area contributed by atoms with Crippen LogP contribution < -0.4 is 10.6 Å². The van der Waals surface area contributed by atoms with Crippen LogP contribution in [0, 0.1) is 5.92 Å². The minimum atomic E-state index is 0.582. The van der Waals surface area contributed by atoms with E-state index < -0.39 is 0 Å². The van der Waals surface area contributed by atoms with Crippen molar-refractivity contribution in [1.29, 1.82) is 0 Å². The molecule has 0 aromatic rings. The van der Waals surface area contributed by atoms with Crippen molar-refractivity contribution in [2.45, 2.75) is 26.7 Å². The summed E-state index contributed by atoms with van der Waals surface area (Å²) in [6, 6.07) is 0. The number of hydrogen-bond acceptors (Lipinski definition) is 7. The van der Waals surface area contributed by atoms with E-state index in [9.17, 15) is 0 Å². The summed E-state index contributed by atoms with van der Waals surface area (Å²) >= 11 is 0. The molecular weight excluding hydrogens is 336 g/mol. The van der Waals surface area contributed by atoms with Crippen LogP contribution in [0.15, 0.2) is 0 Å². The van der Waals surface area contributed by atoms with Crippen LogP contribution >= 0.6 is 0 Å². The molecule has 0 aliphatic heterocycles.